The van der Waals surface area contributed by atoms with E-state index in [-0.39, 0.29) is 17.6 Å². The molecule has 0 radical (unpaired) electrons. The molecule has 3 rings (SSSR count). The number of carbonyl (C=O) groups excluding carboxylic acids is 1. The van der Waals surface area contributed by atoms with E-state index < -0.39 is 0 Å². The van der Waals surface area contributed by atoms with E-state index >= 15 is 0 Å². The first-order valence-electron chi connectivity index (χ1n) is 8.28. The first-order valence-corrected chi connectivity index (χ1v) is 9.10. The zero-order valence-electron chi connectivity index (χ0n) is 14.5. The number of phenols is 1. The van der Waals surface area contributed by atoms with Crippen molar-refractivity contribution in [2.75, 3.05) is 0 Å². The van der Waals surface area contributed by atoms with E-state index in [2.05, 4.69) is 27.7 Å². The van der Waals surface area contributed by atoms with Crippen molar-refractivity contribution in [1.29, 1.82) is 0 Å². The Bertz CT molecular complexity index is 802. The summed E-state index contributed by atoms with van der Waals surface area (Å²) in [6.45, 7) is 8.28. The number of hydrogen-bond donors (Lipinski definition) is 1. The molecule has 1 aliphatic rings. The zero-order valence-corrected chi connectivity index (χ0v) is 15.3. The van der Waals surface area contributed by atoms with Gasteiger partial charge < -0.3 is 5.11 Å². The lowest BCUT2D eigenvalue weighted by Crippen LogP contribution is -1.98. The first-order chi connectivity index (χ1) is 11.4. The molecule has 0 aromatic heterocycles. The van der Waals surface area contributed by atoms with Gasteiger partial charge in [0.1, 0.15) is 5.75 Å². The largest absolute Gasteiger partial charge is 0.507 e. The molecule has 3 heteroatoms. The van der Waals surface area contributed by atoms with Crippen molar-refractivity contribution in [3.8, 4) is 5.75 Å². The number of aromatic hydroxyl groups is 1. The highest BCUT2D eigenvalue weighted by atomic mass is 32.2. The number of carbonyl (C=O) groups is 1. The molecule has 2 aromatic rings. The minimum atomic E-state index is 0.0841. The van der Waals surface area contributed by atoms with E-state index in [9.17, 15) is 9.90 Å². The molecule has 24 heavy (non-hydrogen) atoms. The fourth-order valence-corrected chi connectivity index (χ4v) is 4.01. The third-order valence-corrected chi connectivity index (χ3v) is 5.41. The number of Topliss-reactive ketones (excluding diaryl/α,β-unsaturated/α-hetero) is 1. The van der Waals surface area contributed by atoms with Crippen LogP contribution in [0.5, 0.6) is 5.75 Å². The van der Waals surface area contributed by atoms with E-state index in [0.717, 1.165) is 32.1 Å². The van der Waals surface area contributed by atoms with Crippen LogP contribution in [0.2, 0.25) is 0 Å². The SMILES string of the molecule is CC(C)c1cc(/C=C2\Sc3ccccc3C2=O)cc(C(C)C)c1O. The fourth-order valence-electron chi connectivity index (χ4n) is 2.95. The van der Waals surface area contributed by atoms with Crippen LogP contribution in [0, 0.1) is 0 Å². The Hall–Kier alpha value is -2.00. The van der Waals surface area contributed by atoms with Crippen LogP contribution in [-0.2, 0) is 0 Å². The predicted octanol–water partition coefficient (Wildman–Crippen LogP) is 5.97. The summed E-state index contributed by atoms with van der Waals surface area (Å²) in [4.78, 5) is 14.3. The van der Waals surface area contributed by atoms with Gasteiger partial charge in [-0.2, -0.15) is 0 Å². The Morgan fingerprint density at radius 1 is 1.00 bits per heavy atom. The number of allylic oxidation sites excluding steroid dienone is 1. The third kappa shape index (κ3) is 3.01. The molecular weight excluding hydrogens is 316 g/mol. The number of phenolic OH excluding ortho intramolecular Hbond substituents is 1. The molecule has 1 aliphatic heterocycles. The van der Waals surface area contributed by atoms with Crippen LogP contribution in [0.15, 0.2) is 46.2 Å². The van der Waals surface area contributed by atoms with Crippen molar-refractivity contribution in [3.05, 3.63) is 63.6 Å². The summed E-state index contributed by atoms with van der Waals surface area (Å²) in [5, 5.41) is 10.5. The van der Waals surface area contributed by atoms with Gasteiger partial charge in [0.2, 0.25) is 5.78 Å². The summed E-state index contributed by atoms with van der Waals surface area (Å²) >= 11 is 1.52. The van der Waals surface area contributed by atoms with E-state index in [0.29, 0.717) is 5.75 Å². The average molecular weight is 338 g/mol. The molecule has 0 fully saturated rings. The molecule has 1 N–H and O–H groups in total. The minimum Gasteiger partial charge on any atom is -0.507 e. The van der Waals surface area contributed by atoms with Gasteiger partial charge in [-0.05, 0) is 58.9 Å². The lowest BCUT2D eigenvalue weighted by Gasteiger charge is -2.16. The maximum atomic E-state index is 12.6. The number of thioether (sulfide) groups is 1. The number of benzene rings is 2. The normalized spacial score (nSPS) is 15.6. The smallest absolute Gasteiger partial charge is 0.200 e. The summed E-state index contributed by atoms with van der Waals surface area (Å²) in [6, 6.07) is 11.7. The van der Waals surface area contributed by atoms with Crippen molar-refractivity contribution in [3.63, 3.8) is 0 Å². The summed E-state index contributed by atoms with van der Waals surface area (Å²) in [5.41, 5.74) is 3.62. The highest BCUT2D eigenvalue weighted by molar-refractivity contribution is 8.04. The van der Waals surface area contributed by atoms with Crippen LogP contribution in [0.25, 0.3) is 6.08 Å². The molecule has 0 atom stereocenters. The third-order valence-electron chi connectivity index (χ3n) is 4.31. The molecule has 0 bridgehead atoms. The number of rotatable bonds is 3. The molecule has 0 aliphatic carbocycles. The van der Waals surface area contributed by atoms with Gasteiger partial charge in [0, 0.05) is 10.5 Å². The Balaban J connectivity index is 2.07. The summed E-state index contributed by atoms with van der Waals surface area (Å²) in [7, 11) is 0. The molecule has 124 valence electrons. The minimum absolute atomic E-state index is 0.0841. The molecule has 0 spiro atoms. The second-order valence-electron chi connectivity index (χ2n) is 6.79. The molecule has 1 heterocycles. The van der Waals surface area contributed by atoms with E-state index in [1.54, 1.807) is 0 Å². The van der Waals surface area contributed by atoms with Crippen molar-refractivity contribution in [2.24, 2.45) is 0 Å². The summed E-state index contributed by atoms with van der Waals surface area (Å²) in [6.07, 6.45) is 1.95. The highest BCUT2D eigenvalue weighted by Crippen LogP contribution is 2.42. The van der Waals surface area contributed by atoms with E-state index in [4.69, 9.17) is 0 Å². The Morgan fingerprint density at radius 2 is 1.58 bits per heavy atom. The Labute approximate surface area is 147 Å². The molecule has 0 saturated carbocycles. The number of fused-ring (bicyclic) bond motifs is 1. The molecule has 2 nitrogen and oxygen atoms in total. The lowest BCUT2D eigenvalue weighted by atomic mass is 9.91. The van der Waals surface area contributed by atoms with E-state index in [1.165, 1.54) is 11.8 Å². The molecular formula is C21H22O2S. The van der Waals surface area contributed by atoms with Crippen molar-refractivity contribution in [1.82, 2.24) is 0 Å². The van der Waals surface area contributed by atoms with Gasteiger partial charge in [0.25, 0.3) is 0 Å². The maximum absolute atomic E-state index is 12.6. The second kappa shape index (κ2) is 6.48. The lowest BCUT2D eigenvalue weighted by molar-refractivity contribution is 0.104. The number of hydrogen-bond acceptors (Lipinski definition) is 3. The molecule has 0 saturated heterocycles. The second-order valence-corrected chi connectivity index (χ2v) is 7.88. The van der Waals surface area contributed by atoms with Gasteiger partial charge in [-0.1, -0.05) is 51.6 Å². The van der Waals surface area contributed by atoms with E-state index in [1.807, 2.05) is 42.5 Å². The molecule has 2 aromatic carbocycles. The fraction of sp³-hybridized carbons (Fsp3) is 0.286. The topological polar surface area (TPSA) is 37.3 Å². The van der Waals surface area contributed by atoms with Gasteiger partial charge in [-0.25, -0.2) is 0 Å². The van der Waals surface area contributed by atoms with Crippen LogP contribution < -0.4 is 0 Å². The van der Waals surface area contributed by atoms with Gasteiger partial charge in [0.05, 0.1) is 4.91 Å². The van der Waals surface area contributed by atoms with Crippen LogP contribution in [-0.4, -0.2) is 10.9 Å². The number of ketones is 1. The summed E-state index contributed by atoms with van der Waals surface area (Å²) < 4.78 is 0. The molecule has 0 amide bonds. The highest BCUT2D eigenvalue weighted by Gasteiger charge is 2.25. The van der Waals surface area contributed by atoms with Crippen LogP contribution >= 0.6 is 11.8 Å². The van der Waals surface area contributed by atoms with Gasteiger partial charge in [-0.15, -0.1) is 0 Å². The van der Waals surface area contributed by atoms with Crippen molar-refractivity contribution < 1.29 is 9.90 Å². The first kappa shape index (κ1) is 16.8. The Morgan fingerprint density at radius 3 is 2.12 bits per heavy atom. The Kier molecular flexibility index (Phi) is 4.55. The van der Waals surface area contributed by atoms with Gasteiger partial charge in [0.15, 0.2) is 0 Å². The van der Waals surface area contributed by atoms with Crippen LogP contribution in [0.1, 0.15) is 66.6 Å². The standard InChI is InChI=1S/C21H22O2S/c1-12(2)16-9-14(10-17(13(3)4)20(16)22)11-19-21(23)15-7-5-6-8-18(15)24-19/h5-13,22H,1-4H3/b19-11-. The monoisotopic (exact) mass is 338 g/mol. The predicted molar refractivity (Wildman–Crippen MR) is 101 cm³/mol. The van der Waals surface area contributed by atoms with Crippen LogP contribution in [0.3, 0.4) is 0 Å². The van der Waals surface area contributed by atoms with Gasteiger partial charge in [-0.3, -0.25) is 4.79 Å². The van der Waals surface area contributed by atoms with Crippen LogP contribution in [0.4, 0.5) is 0 Å². The zero-order chi connectivity index (χ0) is 17.4. The quantitative estimate of drug-likeness (QED) is 0.701. The molecule has 0 unspecified atom stereocenters. The van der Waals surface area contributed by atoms with Crippen molar-refractivity contribution in [2.45, 2.75) is 44.4 Å². The van der Waals surface area contributed by atoms with Gasteiger partial charge >= 0.3 is 0 Å². The van der Waals surface area contributed by atoms with Crippen molar-refractivity contribution >= 4 is 23.6 Å². The summed E-state index contributed by atoms with van der Waals surface area (Å²) in [5.74, 6) is 0.923. The average Bonchev–Trinajstić information content (AvgIpc) is 2.85. The maximum Gasteiger partial charge on any atom is 0.200 e.